The van der Waals surface area contributed by atoms with Crippen LogP contribution in [0.5, 0.6) is 5.75 Å². The summed E-state index contributed by atoms with van der Waals surface area (Å²) in [6, 6.07) is 17.1. The minimum atomic E-state index is -1.07. The van der Waals surface area contributed by atoms with Crippen LogP contribution in [-0.2, 0) is 9.53 Å². The second-order valence-electron chi connectivity index (χ2n) is 5.70. The maximum atomic E-state index is 12.4. The number of nitrogens with one attached hydrogen (secondary N) is 1. The number of ether oxygens (including phenoxy) is 1. The highest BCUT2D eigenvalue weighted by Crippen LogP contribution is 2.29. The summed E-state index contributed by atoms with van der Waals surface area (Å²) in [5.41, 5.74) is 0.428. The Bertz CT molecular complexity index is 986. The van der Waals surface area contributed by atoms with Crippen LogP contribution in [-0.4, -0.2) is 23.1 Å². The molecule has 0 saturated carbocycles. The van der Waals surface area contributed by atoms with Crippen molar-refractivity contribution in [1.29, 1.82) is 0 Å². The maximum Gasteiger partial charge on any atom is 0.342 e. The zero-order valence-corrected chi connectivity index (χ0v) is 14.7. The molecule has 3 aromatic carbocycles. The van der Waals surface area contributed by atoms with Crippen molar-refractivity contribution in [2.24, 2.45) is 0 Å². The number of para-hydroxylation sites is 1. The van der Waals surface area contributed by atoms with Gasteiger partial charge in [-0.15, -0.1) is 0 Å². The molecule has 0 aromatic heterocycles. The van der Waals surface area contributed by atoms with Crippen LogP contribution < -0.4 is 5.32 Å². The molecule has 3 aromatic rings. The number of anilines is 1. The highest BCUT2D eigenvalue weighted by molar-refractivity contribution is 6.33. The zero-order valence-electron chi connectivity index (χ0n) is 13.9. The lowest BCUT2D eigenvalue weighted by Crippen LogP contribution is -2.30. The number of rotatable bonds is 4. The number of aromatic hydroxyl groups is 1. The molecule has 0 saturated heterocycles. The van der Waals surface area contributed by atoms with E-state index in [4.69, 9.17) is 16.3 Å². The molecule has 1 unspecified atom stereocenters. The topological polar surface area (TPSA) is 75.6 Å². The van der Waals surface area contributed by atoms with E-state index in [0.717, 1.165) is 5.39 Å². The number of esters is 1. The molecule has 3 rings (SSSR count). The van der Waals surface area contributed by atoms with Gasteiger partial charge in [0.2, 0.25) is 0 Å². The Labute approximate surface area is 155 Å². The summed E-state index contributed by atoms with van der Waals surface area (Å²) in [6.45, 7) is 1.45. The number of phenols is 1. The van der Waals surface area contributed by atoms with Crippen LogP contribution in [0.1, 0.15) is 17.3 Å². The molecule has 0 spiro atoms. The van der Waals surface area contributed by atoms with Crippen LogP contribution in [0.3, 0.4) is 0 Å². The molecule has 6 heteroatoms. The minimum Gasteiger partial charge on any atom is -0.506 e. The van der Waals surface area contributed by atoms with Gasteiger partial charge in [0.1, 0.15) is 11.3 Å². The Morgan fingerprint density at radius 3 is 2.50 bits per heavy atom. The third-order valence-electron chi connectivity index (χ3n) is 3.91. The molecule has 2 N–H and O–H groups in total. The first-order valence-electron chi connectivity index (χ1n) is 7.94. The Balaban J connectivity index is 1.74. The first-order valence-corrected chi connectivity index (χ1v) is 8.32. The lowest BCUT2D eigenvalue weighted by atomic mass is 10.1. The third kappa shape index (κ3) is 3.63. The number of fused-ring (bicyclic) bond motifs is 1. The van der Waals surface area contributed by atoms with E-state index in [-0.39, 0.29) is 11.3 Å². The summed E-state index contributed by atoms with van der Waals surface area (Å²) in [5.74, 6) is -1.48. The number of phenolic OH excluding ortho intramolecular Hbond substituents is 1. The van der Waals surface area contributed by atoms with Gasteiger partial charge in [-0.05, 0) is 30.5 Å². The van der Waals surface area contributed by atoms with Gasteiger partial charge in [-0.2, -0.15) is 0 Å². The van der Waals surface area contributed by atoms with Crippen molar-refractivity contribution < 1.29 is 19.4 Å². The molecule has 0 aliphatic carbocycles. The van der Waals surface area contributed by atoms with Gasteiger partial charge in [-0.25, -0.2) is 4.79 Å². The molecule has 0 radical (unpaired) electrons. The minimum absolute atomic E-state index is 0.00101. The quantitative estimate of drug-likeness (QED) is 0.669. The Hall–Kier alpha value is -3.05. The van der Waals surface area contributed by atoms with Gasteiger partial charge in [0, 0.05) is 5.39 Å². The molecule has 26 heavy (non-hydrogen) atoms. The van der Waals surface area contributed by atoms with Gasteiger partial charge in [0.25, 0.3) is 5.91 Å². The van der Waals surface area contributed by atoms with Crippen molar-refractivity contribution >= 4 is 39.9 Å². The van der Waals surface area contributed by atoms with E-state index in [9.17, 15) is 14.7 Å². The van der Waals surface area contributed by atoms with E-state index in [1.54, 1.807) is 42.5 Å². The van der Waals surface area contributed by atoms with Crippen LogP contribution in [0, 0.1) is 0 Å². The van der Waals surface area contributed by atoms with E-state index in [1.807, 2.05) is 12.1 Å². The predicted octanol–water partition coefficient (Wildman–Crippen LogP) is 4.38. The molecule has 1 atom stereocenters. The lowest BCUT2D eigenvalue weighted by molar-refractivity contribution is -0.123. The summed E-state index contributed by atoms with van der Waals surface area (Å²) in [4.78, 5) is 24.6. The second kappa shape index (κ2) is 7.45. The van der Waals surface area contributed by atoms with E-state index >= 15 is 0 Å². The molecular weight excluding hydrogens is 354 g/mol. The number of carbonyl (C=O) groups is 2. The highest BCUT2D eigenvalue weighted by Gasteiger charge is 2.22. The average molecular weight is 370 g/mol. The zero-order chi connectivity index (χ0) is 18.7. The molecule has 0 aliphatic rings. The van der Waals surface area contributed by atoms with E-state index in [2.05, 4.69) is 5.32 Å². The number of hydrogen-bond donors (Lipinski definition) is 2. The Morgan fingerprint density at radius 2 is 1.73 bits per heavy atom. The largest absolute Gasteiger partial charge is 0.506 e. The van der Waals surface area contributed by atoms with Gasteiger partial charge in [0.05, 0.1) is 10.7 Å². The molecule has 1 amide bonds. The summed E-state index contributed by atoms with van der Waals surface area (Å²) >= 11 is 6.00. The van der Waals surface area contributed by atoms with Crippen LogP contribution in [0.2, 0.25) is 5.02 Å². The van der Waals surface area contributed by atoms with Crippen molar-refractivity contribution in [2.75, 3.05) is 5.32 Å². The fraction of sp³-hybridized carbons (Fsp3) is 0.100. The van der Waals surface area contributed by atoms with E-state index in [1.165, 1.54) is 13.0 Å². The number of hydrogen-bond acceptors (Lipinski definition) is 4. The molecular formula is C20H16ClNO4. The molecule has 0 aliphatic heterocycles. The average Bonchev–Trinajstić information content (AvgIpc) is 2.64. The van der Waals surface area contributed by atoms with Gasteiger partial charge in [-0.3, -0.25) is 4.79 Å². The van der Waals surface area contributed by atoms with E-state index in [0.29, 0.717) is 16.1 Å². The number of benzene rings is 3. The van der Waals surface area contributed by atoms with Crippen molar-refractivity contribution in [2.45, 2.75) is 13.0 Å². The smallest absolute Gasteiger partial charge is 0.342 e. The molecule has 0 heterocycles. The standard InChI is InChI=1S/C20H16ClNO4/c1-12(19(24)22-17-9-5-4-8-16(17)21)26-20(25)15-11-10-13-6-2-3-7-14(13)18(15)23/h2-12,23H,1H3,(H,22,24). The summed E-state index contributed by atoms with van der Waals surface area (Å²) < 4.78 is 5.19. The van der Waals surface area contributed by atoms with Gasteiger partial charge < -0.3 is 15.2 Å². The molecule has 132 valence electrons. The molecule has 0 fully saturated rings. The molecule has 0 bridgehead atoms. The number of carbonyl (C=O) groups excluding carboxylic acids is 2. The fourth-order valence-electron chi connectivity index (χ4n) is 2.49. The van der Waals surface area contributed by atoms with Crippen LogP contribution in [0.25, 0.3) is 10.8 Å². The Morgan fingerprint density at radius 1 is 1.04 bits per heavy atom. The predicted molar refractivity (Wildman–Crippen MR) is 101 cm³/mol. The van der Waals surface area contributed by atoms with Crippen molar-refractivity contribution in [3.8, 4) is 5.75 Å². The number of halogens is 1. The van der Waals surface area contributed by atoms with Gasteiger partial charge in [-0.1, -0.05) is 54.1 Å². The Kier molecular flexibility index (Phi) is 5.09. The lowest BCUT2D eigenvalue weighted by Gasteiger charge is -2.15. The third-order valence-corrected chi connectivity index (χ3v) is 4.23. The first kappa shape index (κ1) is 17.8. The second-order valence-corrected chi connectivity index (χ2v) is 6.11. The first-order chi connectivity index (χ1) is 12.5. The van der Waals surface area contributed by atoms with Crippen molar-refractivity contribution in [1.82, 2.24) is 0 Å². The van der Waals surface area contributed by atoms with E-state index < -0.39 is 18.0 Å². The summed E-state index contributed by atoms with van der Waals surface area (Å²) in [5, 5.41) is 14.6. The van der Waals surface area contributed by atoms with Crippen molar-refractivity contribution in [3.05, 3.63) is 71.2 Å². The van der Waals surface area contributed by atoms with Crippen LogP contribution in [0.4, 0.5) is 5.69 Å². The monoisotopic (exact) mass is 369 g/mol. The maximum absolute atomic E-state index is 12.4. The van der Waals surface area contributed by atoms with Crippen molar-refractivity contribution in [3.63, 3.8) is 0 Å². The SMILES string of the molecule is CC(OC(=O)c1ccc2ccccc2c1O)C(=O)Nc1ccccc1Cl. The normalized spacial score (nSPS) is 11.8. The summed E-state index contributed by atoms with van der Waals surface area (Å²) in [6.07, 6.45) is -1.07. The number of amides is 1. The van der Waals surface area contributed by atoms with Gasteiger partial charge >= 0.3 is 5.97 Å². The fourth-order valence-corrected chi connectivity index (χ4v) is 2.68. The van der Waals surface area contributed by atoms with Crippen LogP contribution >= 0.6 is 11.6 Å². The highest BCUT2D eigenvalue weighted by atomic mass is 35.5. The molecule has 5 nitrogen and oxygen atoms in total. The summed E-state index contributed by atoms with van der Waals surface area (Å²) in [7, 11) is 0. The van der Waals surface area contributed by atoms with Gasteiger partial charge in [0.15, 0.2) is 6.10 Å². The van der Waals surface area contributed by atoms with Crippen LogP contribution in [0.15, 0.2) is 60.7 Å².